The Morgan fingerprint density at radius 1 is 1.33 bits per heavy atom. The monoisotopic (exact) mass is 327 g/mol. The maximum atomic E-state index is 13.2. The van der Waals surface area contributed by atoms with Gasteiger partial charge in [0, 0.05) is 12.1 Å². The number of halogens is 1. The summed E-state index contributed by atoms with van der Waals surface area (Å²) in [4.78, 5) is 12.6. The molecule has 0 spiro atoms. The Bertz CT molecular complexity index is 823. The predicted octanol–water partition coefficient (Wildman–Crippen LogP) is 3.80. The first kappa shape index (κ1) is 16.0. The number of furan rings is 1. The third-order valence-corrected chi connectivity index (χ3v) is 3.78. The van der Waals surface area contributed by atoms with Crippen molar-refractivity contribution in [2.45, 2.75) is 26.3 Å². The Morgan fingerprint density at radius 3 is 2.71 bits per heavy atom. The largest absolute Gasteiger partial charge is 0.463 e. The standard InChI is InChI=1S/C18H18FN3O2/c1-3-12(2)20-18(23)16-11-15(17-5-4-10-24-17)21-22(16)14-8-6-13(19)7-9-14/h4-12H,3H2,1-2H3,(H,20,23). The van der Waals surface area contributed by atoms with E-state index >= 15 is 0 Å². The molecule has 1 N–H and O–H groups in total. The van der Waals surface area contributed by atoms with E-state index < -0.39 is 0 Å². The molecule has 1 amide bonds. The minimum Gasteiger partial charge on any atom is -0.463 e. The highest BCUT2D eigenvalue weighted by atomic mass is 19.1. The Labute approximate surface area is 139 Å². The van der Waals surface area contributed by atoms with E-state index in [1.165, 1.54) is 16.8 Å². The Kier molecular flexibility index (Phi) is 4.46. The van der Waals surface area contributed by atoms with Crippen LogP contribution in [-0.4, -0.2) is 21.7 Å². The van der Waals surface area contributed by atoms with Gasteiger partial charge < -0.3 is 9.73 Å². The maximum Gasteiger partial charge on any atom is 0.270 e. The molecule has 2 aromatic heterocycles. The summed E-state index contributed by atoms with van der Waals surface area (Å²) < 4.78 is 20.0. The summed E-state index contributed by atoms with van der Waals surface area (Å²) in [5.74, 6) is -0.0183. The molecule has 6 heteroatoms. The average molecular weight is 327 g/mol. The number of carbonyl (C=O) groups excluding carboxylic acids is 1. The molecule has 0 aliphatic heterocycles. The third kappa shape index (κ3) is 3.22. The fourth-order valence-corrected chi connectivity index (χ4v) is 2.27. The smallest absolute Gasteiger partial charge is 0.270 e. The highest BCUT2D eigenvalue weighted by Gasteiger charge is 2.19. The minimum absolute atomic E-state index is 0.0427. The van der Waals surface area contributed by atoms with Gasteiger partial charge in [0.25, 0.3) is 5.91 Å². The Balaban J connectivity index is 2.04. The molecule has 0 aliphatic rings. The first-order chi connectivity index (χ1) is 11.6. The van der Waals surface area contributed by atoms with Gasteiger partial charge in [0.05, 0.1) is 12.0 Å². The number of nitrogens with zero attached hydrogens (tertiary/aromatic N) is 2. The first-order valence-corrected chi connectivity index (χ1v) is 7.79. The van der Waals surface area contributed by atoms with Crippen molar-refractivity contribution in [3.05, 3.63) is 60.2 Å². The van der Waals surface area contributed by atoms with Crippen molar-refractivity contribution < 1.29 is 13.6 Å². The summed E-state index contributed by atoms with van der Waals surface area (Å²) >= 11 is 0. The molecule has 124 valence electrons. The first-order valence-electron chi connectivity index (χ1n) is 7.79. The lowest BCUT2D eigenvalue weighted by Crippen LogP contribution is -2.33. The van der Waals surface area contributed by atoms with Gasteiger partial charge in [0.2, 0.25) is 0 Å². The van der Waals surface area contributed by atoms with E-state index in [-0.39, 0.29) is 17.8 Å². The van der Waals surface area contributed by atoms with E-state index in [0.29, 0.717) is 22.8 Å². The van der Waals surface area contributed by atoms with Crippen LogP contribution < -0.4 is 5.32 Å². The lowest BCUT2D eigenvalue weighted by atomic mass is 10.2. The van der Waals surface area contributed by atoms with E-state index in [9.17, 15) is 9.18 Å². The molecule has 1 aromatic carbocycles. The Hall–Kier alpha value is -2.89. The molecule has 1 atom stereocenters. The zero-order valence-corrected chi connectivity index (χ0v) is 13.5. The summed E-state index contributed by atoms with van der Waals surface area (Å²) in [5.41, 5.74) is 1.51. The molecule has 5 nitrogen and oxygen atoms in total. The van der Waals surface area contributed by atoms with Crippen LogP contribution in [0.5, 0.6) is 0 Å². The topological polar surface area (TPSA) is 60.1 Å². The number of carbonyl (C=O) groups is 1. The van der Waals surface area contributed by atoms with E-state index in [0.717, 1.165) is 6.42 Å². The lowest BCUT2D eigenvalue weighted by Gasteiger charge is -2.12. The summed E-state index contributed by atoms with van der Waals surface area (Å²) in [6.07, 6.45) is 2.37. The van der Waals surface area contributed by atoms with Crippen molar-refractivity contribution in [1.29, 1.82) is 0 Å². The van der Waals surface area contributed by atoms with E-state index in [1.54, 1.807) is 36.6 Å². The number of aromatic nitrogens is 2. The van der Waals surface area contributed by atoms with Gasteiger partial charge in [-0.25, -0.2) is 9.07 Å². The minimum atomic E-state index is -0.345. The van der Waals surface area contributed by atoms with E-state index in [2.05, 4.69) is 10.4 Å². The normalized spacial score (nSPS) is 12.1. The number of rotatable bonds is 5. The third-order valence-electron chi connectivity index (χ3n) is 3.78. The highest BCUT2D eigenvalue weighted by molar-refractivity contribution is 5.94. The van der Waals surface area contributed by atoms with Crippen molar-refractivity contribution in [3.8, 4) is 17.1 Å². The summed E-state index contributed by atoms with van der Waals surface area (Å²) in [5, 5.41) is 7.37. The van der Waals surface area contributed by atoms with Gasteiger partial charge in [-0.2, -0.15) is 5.10 Å². The van der Waals surface area contributed by atoms with Gasteiger partial charge in [-0.15, -0.1) is 0 Å². The van der Waals surface area contributed by atoms with Gasteiger partial charge in [-0.05, 0) is 49.7 Å². The molecule has 0 saturated heterocycles. The van der Waals surface area contributed by atoms with Gasteiger partial charge in [0.15, 0.2) is 5.76 Å². The van der Waals surface area contributed by atoms with E-state index in [1.807, 2.05) is 13.8 Å². The van der Waals surface area contributed by atoms with Crippen LogP contribution in [0.15, 0.2) is 53.1 Å². The SMILES string of the molecule is CCC(C)NC(=O)c1cc(-c2ccco2)nn1-c1ccc(F)cc1. The average Bonchev–Trinajstić information content (AvgIpc) is 3.24. The number of amides is 1. The lowest BCUT2D eigenvalue weighted by molar-refractivity contribution is 0.0931. The quantitative estimate of drug-likeness (QED) is 0.775. The van der Waals surface area contributed by atoms with Crippen LogP contribution in [0.4, 0.5) is 4.39 Å². The molecular formula is C18H18FN3O2. The second-order valence-electron chi connectivity index (χ2n) is 5.56. The van der Waals surface area contributed by atoms with Crippen LogP contribution in [0.3, 0.4) is 0 Å². The van der Waals surface area contributed by atoms with Crippen molar-refractivity contribution in [3.63, 3.8) is 0 Å². The summed E-state index contributed by atoms with van der Waals surface area (Å²) in [6.45, 7) is 3.93. The summed E-state index contributed by atoms with van der Waals surface area (Å²) in [7, 11) is 0. The molecule has 0 saturated carbocycles. The number of hydrogen-bond donors (Lipinski definition) is 1. The van der Waals surface area contributed by atoms with Crippen molar-refractivity contribution in [2.75, 3.05) is 0 Å². The second kappa shape index (κ2) is 6.70. The fraction of sp³-hybridized carbons (Fsp3) is 0.222. The fourth-order valence-electron chi connectivity index (χ4n) is 2.27. The van der Waals surface area contributed by atoms with Crippen LogP contribution in [0.25, 0.3) is 17.1 Å². The van der Waals surface area contributed by atoms with Crippen LogP contribution in [0.1, 0.15) is 30.8 Å². The van der Waals surface area contributed by atoms with Gasteiger partial charge in [-0.1, -0.05) is 6.92 Å². The molecule has 0 bridgehead atoms. The molecule has 24 heavy (non-hydrogen) atoms. The molecule has 0 fully saturated rings. The number of nitrogens with one attached hydrogen (secondary N) is 1. The van der Waals surface area contributed by atoms with Crippen molar-refractivity contribution in [2.24, 2.45) is 0 Å². The second-order valence-corrected chi connectivity index (χ2v) is 5.56. The molecular weight excluding hydrogens is 309 g/mol. The van der Waals surface area contributed by atoms with Gasteiger partial charge in [0.1, 0.15) is 17.2 Å². The zero-order chi connectivity index (χ0) is 17.1. The molecule has 0 radical (unpaired) electrons. The zero-order valence-electron chi connectivity index (χ0n) is 13.5. The summed E-state index contributed by atoms with van der Waals surface area (Å²) in [6, 6.07) is 11.1. The Morgan fingerprint density at radius 2 is 2.08 bits per heavy atom. The van der Waals surface area contributed by atoms with E-state index in [4.69, 9.17) is 4.42 Å². The predicted molar refractivity (Wildman–Crippen MR) is 88.4 cm³/mol. The molecule has 0 aliphatic carbocycles. The van der Waals surface area contributed by atoms with Crippen molar-refractivity contribution in [1.82, 2.24) is 15.1 Å². The van der Waals surface area contributed by atoms with Gasteiger partial charge >= 0.3 is 0 Å². The maximum absolute atomic E-state index is 13.2. The van der Waals surface area contributed by atoms with Crippen LogP contribution in [0, 0.1) is 5.82 Å². The van der Waals surface area contributed by atoms with Gasteiger partial charge in [-0.3, -0.25) is 4.79 Å². The number of benzene rings is 1. The molecule has 1 unspecified atom stereocenters. The molecule has 3 aromatic rings. The number of hydrogen-bond acceptors (Lipinski definition) is 3. The highest BCUT2D eigenvalue weighted by Crippen LogP contribution is 2.22. The molecule has 3 rings (SSSR count). The van der Waals surface area contributed by atoms with Crippen LogP contribution in [-0.2, 0) is 0 Å². The van der Waals surface area contributed by atoms with Crippen LogP contribution in [0.2, 0.25) is 0 Å². The van der Waals surface area contributed by atoms with Crippen molar-refractivity contribution >= 4 is 5.91 Å². The van der Waals surface area contributed by atoms with Crippen LogP contribution >= 0.6 is 0 Å². The molecule has 2 heterocycles.